The number of thiophene rings is 1. The first-order valence-corrected chi connectivity index (χ1v) is 11.8. The van der Waals surface area contributed by atoms with Gasteiger partial charge in [-0.3, -0.25) is 4.79 Å². The van der Waals surface area contributed by atoms with Crippen LogP contribution in [0.5, 0.6) is 0 Å². The van der Waals surface area contributed by atoms with Crippen molar-refractivity contribution in [3.63, 3.8) is 0 Å². The number of hydrogen-bond acceptors (Lipinski definition) is 6. The van der Waals surface area contributed by atoms with Crippen LogP contribution in [0.25, 0.3) is 0 Å². The molecule has 1 heterocycles. The van der Waals surface area contributed by atoms with Crippen molar-refractivity contribution in [3.8, 4) is 0 Å². The number of carbonyl (C=O) groups is 2. The van der Waals surface area contributed by atoms with Crippen molar-refractivity contribution < 1.29 is 14.3 Å². The molecule has 1 aliphatic carbocycles. The van der Waals surface area contributed by atoms with Crippen molar-refractivity contribution in [3.05, 3.63) is 40.3 Å². The van der Waals surface area contributed by atoms with E-state index in [0.717, 1.165) is 36.1 Å². The second-order valence-electron chi connectivity index (χ2n) is 7.19. The number of fused-ring (bicyclic) bond motifs is 1. The van der Waals surface area contributed by atoms with E-state index in [1.165, 1.54) is 47.9 Å². The van der Waals surface area contributed by atoms with Gasteiger partial charge in [0.2, 0.25) is 5.91 Å². The van der Waals surface area contributed by atoms with Crippen LogP contribution in [0.4, 0.5) is 10.7 Å². The number of nitrogen functional groups attached to an aromatic ring is 1. The number of amides is 1. The average molecular weight is 433 g/mol. The molecule has 1 aromatic heterocycles. The maximum atomic E-state index is 13.0. The molecule has 7 heteroatoms. The van der Waals surface area contributed by atoms with Crippen LogP contribution in [-0.2, 0) is 22.4 Å². The van der Waals surface area contributed by atoms with Crippen molar-refractivity contribution in [1.82, 2.24) is 0 Å². The number of rotatable bonds is 6. The molecule has 0 spiro atoms. The SMILES string of the molecule is CCC(Sc1cccc(N)c1)C(=O)Nc1sc2c(c1C(=O)OC)CCCCCC2. The van der Waals surface area contributed by atoms with E-state index >= 15 is 0 Å². The second-order valence-corrected chi connectivity index (χ2v) is 9.57. The molecule has 1 unspecified atom stereocenters. The van der Waals surface area contributed by atoms with Crippen LogP contribution >= 0.6 is 23.1 Å². The average Bonchev–Trinajstić information content (AvgIpc) is 3.01. The largest absolute Gasteiger partial charge is 0.465 e. The zero-order valence-electron chi connectivity index (χ0n) is 17.0. The van der Waals surface area contributed by atoms with E-state index in [9.17, 15) is 9.59 Å². The molecule has 3 rings (SSSR count). The van der Waals surface area contributed by atoms with Gasteiger partial charge in [-0.2, -0.15) is 0 Å². The standard InChI is InChI=1S/C22H28N2O3S2/c1-3-17(28-15-10-8-9-14(23)13-15)20(25)24-21-19(22(26)27-2)16-11-6-4-5-7-12-18(16)29-21/h8-10,13,17H,3-7,11-12,23H2,1-2H3,(H,24,25). The third kappa shape index (κ3) is 5.34. The minimum absolute atomic E-state index is 0.0979. The van der Waals surface area contributed by atoms with Gasteiger partial charge < -0.3 is 15.8 Å². The molecule has 3 N–H and O–H groups in total. The number of benzene rings is 1. The molecule has 0 saturated carbocycles. The van der Waals surface area contributed by atoms with Crippen molar-refractivity contribution in [2.75, 3.05) is 18.2 Å². The zero-order chi connectivity index (χ0) is 20.8. The number of aryl methyl sites for hydroxylation is 1. The van der Waals surface area contributed by atoms with Crippen LogP contribution in [0.3, 0.4) is 0 Å². The molecule has 0 aliphatic heterocycles. The van der Waals surface area contributed by atoms with Gasteiger partial charge in [0.05, 0.1) is 17.9 Å². The van der Waals surface area contributed by atoms with E-state index in [4.69, 9.17) is 10.5 Å². The van der Waals surface area contributed by atoms with Gasteiger partial charge in [0.1, 0.15) is 5.00 Å². The number of hydrogen-bond donors (Lipinski definition) is 2. The highest BCUT2D eigenvalue weighted by molar-refractivity contribution is 8.00. The summed E-state index contributed by atoms with van der Waals surface area (Å²) in [6.07, 6.45) is 7.04. The lowest BCUT2D eigenvalue weighted by Crippen LogP contribution is -2.25. The van der Waals surface area contributed by atoms with E-state index in [1.54, 1.807) is 0 Å². The summed E-state index contributed by atoms with van der Waals surface area (Å²) in [4.78, 5) is 27.7. The van der Waals surface area contributed by atoms with Crippen LogP contribution < -0.4 is 11.1 Å². The Hall–Kier alpha value is -1.99. The van der Waals surface area contributed by atoms with Gasteiger partial charge in [-0.25, -0.2) is 4.79 Å². The Bertz CT molecular complexity index is 879. The van der Waals surface area contributed by atoms with E-state index < -0.39 is 0 Å². The third-order valence-electron chi connectivity index (χ3n) is 5.10. The maximum absolute atomic E-state index is 13.0. The van der Waals surface area contributed by atoms with Gasteiger partial charge in [-0.05, 0) is 55.9 Å². The molecule has 1 aliphatic rings. The molecule has 5 nitrogen and oxygen atoms in total. The lowest BCUT2D eigenvalue weighted by atomic mass is 9.96. The molecular formula is C22H28N2O3S2. The third-order valence-corrected chi connectivity index (χ3v) is 7.66. The monoisotopic (exact) mass is 432 g/mol. The number of methoxy groups -OCH3 is 1. The second kappa shape index (κ2) is 10.2. The van der Waals surface area contributed by atoms with E-state index in [-0.39, 0.29) is 17.1 Å². The fraction of sp³-hybridized carbons (Fsp3) is 0.455. The minimum atomic E-state index is -0.366. The number of thioether (sulfide) groups is 1. The quantitative estimate of drug-likeness (QED) is 0.368. The molecule has 1 atom stereocenters. The summed E-state index contributed by atoms with van der Waals surface area (Å²) in [5.74, 6) is -0.464. The van der Waals surface area contributed by atoms with E-state index in [2.05, 4.69) is 5.32 Å². The van der Waals surface area contributed by atoms with Crippen LogP contribution in [0.2, 0.25) is 0 Å². The fourth-order valence-corrected chi connectivity index (χ4v) is 5.90. The maximum Gasteiger partial charge on any atom is 0.341 e. The lowest BCUT2D eigenvalue weighted by Gasteiger charge is -2.15. The van der Waals surface area contributed by atoms with Gasteiger partial charge in [-0.15, -0.1) is 23.1 Å². The normalized spacial score (nSPS) is 15.0. The zero-order valence-corrected chi connectivity index (χ0v) is 18.6. The molecular weight excluding hydrogens is 404 g/mol. The Morgan fingerprint density at radius 2 is 2.00 bits per heavy atom. The molecule has 2 aromatic rings. The van der Waals surface area contributed by atoms with E-state index in [1.807, 2.05) is 31.2 Å². The van der Waals surface area contributed by atoms with Crippen molar-refractivity contribution in [1.29, 1.82) is 0 Å². The van der Waals surface area contributed by atoms with Gasteiger partial charge in [0.15, 0.2) is 0 Å². The topological polar surface area (TPSA) is 81.4 Å². The van der Waals surface area contributed by atoms with Crippen LogP contribution in [0.1, 0.15) is 59.8 Å². The molecule has 0 fully saturated rings. The van der Waals surface area contributed by atoms with Crippen molar-refractivity contribution >= 4 is 45.7 Å². The fourth-order valence-electron chi connectivity index (χ4n) is 3.59. The number of anilines is 2. The molecule has 0 saturated heterocycles. The summed E-state index contributed by atoms with van der Waals surface area (Å²) in [6.45, 7) is 1.98. The summed E-state index contributed by atoms with van der Waals surface area (Å²) in [5.41, 5.74) is 8.15. The Kier molecular flexibility index (Phi) is 7.61. The van der Waals surface area contributed by atoms with Crippen LogP contribution in [0, 0.1) is 0 Å². The molecule has 29 heavy (non-hydrogen) atoms. The highest BCUT2D eigenvalue weighted by atomic mass is 32.2. The van der Waals surface area contributed by atoms with Crippen molar-refractivity contribution in [2.45, 2.75) is 62.0 Å². The van der Waals surface area contributed by atoms with Crippen LogP contribution in [-0.4, -0.2) is 24.2 Å². The summed E-state index contributed by atoms with van der Waals surface area (Å²) in [6, 6.07) is 7.54. The predicted octanol–water partition coefficient (Wildman–Crippen LogP) is 5.29. The first-order valence-electron chi connectivity index (χ1n) is 10.1. The highest BCUT2D eigenvalue weighted by Gasteiger charge is 2.27. The summed E-state index contributed by atoms with van der Waals surface area (Å²) < 4.78 is 5.05. The number of esters is 1. The highest BCUT2D eigenvalue weighted by Crippen LogP contribution is 2.38. The Balaban J connectivity index is 1.84. The molecule has 0 radical (unpaired) electrons. The number of nitrogens with one attached hydrogen (secondary N) is 1. The predicted molar refractivity (Wildman–Crippen MR) is 121 cm³/mol. The van der Waals surface area contributed by atoms with Gasteiger partial charge in [0.25, 0.3) is 0 Å². The molecule has 0 bridgehead atoms. The van der Waals surface area contributed by atoms with Gasteiger partial charge in [0, 0.05) is 15.5 Å². The first-order chi connectivity index (χ1) is 14.0. The van der Waals surface area contributed by atoms with E-state index in [0.29, 0.717) is 22.7 Å². The number of nitrogens with two attached hydrogens (primary N) is 1. The van der Waals surface area contributed by atoms with Gasteiger partial charge in [-0.1, -0.05) is 25.8 Å². The Morgan fingerprint density at radius 1 is 1.24 bits per heavy atom. The Labute approximate surface area is 180 Å². The van der Waals surface area contributed by atoms with Crippen LogP contribution in [0.15, 0.2) is 29.2 Å². The molecule has 1 aromatic carbocycles. The van der Waals surface area contributed by atoms with Gasteiger partial charge >= 0.3 is 5.97 Å². The first kappa shape index (κ1) is 21.7. The number of ether oxygens (including phenoxy) is 1. The molecule has 156 valence electrons. The lowest BCUT2D eigenvalue weighted by molar-refractivity contribution is -0.115. The van der Waals surface area contributed by atoms with Crippen molar-refractivity contribution in [2.24, 2.45) is 0 Å². The summed E-state index contributed by atoms with van der Waals surface area (Å²) >= 11 is 3.02. The summed E-state index contributed by atoms with van der Waals surface area (Å²) in [5, 5.41) is 3.39. The minimum Gasteiger partial charge on any atom is -0.465 e. The Morgan fingerprint density at radius 3 is 2.69 bits per heavy atom. The smallest absolute Gasteiger partial charge is 0.341 e. The summed E-state index contributed by atoms with van der Waals surface area (Å²) in [7, 11) is 1.39. The number of carbonyl (C=O) groups excluding carboxylic acids is 2. The molecule has 1 amide bonds.